The number of fused-ring (bicyclic) bond motifs is 4. The average molecular weight is 524 g/mol. The van der Waals surface area contributed by atoms with Gasteiger partial charge in [0.15, 0.2) is 11.5 Å². The third kappa shape index (κ3) is 3.61. The fourth-order valence-corrected chi connectivity index (χ4v) is 4.25. The number of hydrogen-bond donors (Lipinski definition) is 2. The van der Waals surface area contributed by atoms with E-state index in [2.05, 4.69) is 0 Å². The first-order valence-electron chi connectivity index (χ1n) is 10.9. The van der Waals surface area contributed by atoms with Crippen LogP contribution in [0.1, 0.15) is 0 Å². The first kappa shape index (κ1) is 24.4. The van der Waals surface area contributed by atoms with Crippen molar-refractivity contribution in [3.05, 3.63) is 57.6 Å². The normalized spacial score (nSPS) is 11.1. The quantitative estimate of drug-likeness (QED) is 0.310. The molecule has 6 rings (SSSR count). The van der Waals surface area contributed by atoms with Gasteiger partial charge in [-0.2, -0.15) is 0 Å². The first-order chi connectivity index (χ1) is 18.3. The zero-order chi connectivity index (χ0) is 27.1. The van der Waals surface area contributed by atoms with Crippen molar-refractivity contribution in [1.29, 1.82) is 0 Å². The molecule has 0 saturated carbocycles. The monoisotopic (exact) mass is 524 g/mol. The lowest BCUT2D eigenvalue weighted by molar-refractivity contribution is 0.354. The molecule has 0 atom stereocenters. The minimum atomic E-state index is -0.877. The minimum Gasteiger partial charge on any atom is -0.499 e. The number of hydrogen-bond acceptors (Lipinski definition) is 12. The van der Waals surface area contributed by atoms with Gasteiger partial charge in [-0.15, -0.1) is 0 Å². The van der Waals surface area contributed by atoms with Gasteiger partial charge in [0.05, 0.1) is 51.7 Å². The zero-order valence-corrected chi connectivity index (χ0v) is 20.4. The van der Waals surface area contributed by atoms with Gasteiger partial charge in [0, 0.05) is 12.1 Å². The fourth-order valence-electron chi connectivity index (χ4n) is 4.25. The largest absolute Gasteiger partial charge is 0.499 e. The van der Waals surface area contributed by atoms with E-state index in [1.54, 1.807) is 24.3 Å². The lowest BCUT2D eigenvalue weighted by Gasteiger charge is -2.10. The zero-order valence-electron chi connectivity index (χ0n) is 20.4. The van der Waals surface area contributed by atoms with Crippen LogP contribution in [0, 0.1) is 0 Å². The molecular formula is C26H20O12. The molecule has 38 heavy (non-hydrogen) atoms. The molecule has 12 heteroatoms. The molecule has 4 aromatic heterocycles. The molecule has 0 bridgehead atoms. The number of benzene rings is 2. The van der Waals surface area contributed by atoms with Gasteiger partial charge in [-0.25, -0.2) is 9.59 Å². The van der Waals surface area contributed by atoms with Crippen LogP contribution in [0.4, 0.5) is 0 Å². The molecule has 0 spiro atoms. The maximum Gasteiger partial charge on any atom is 0.382 e. The Morgan fingerprint density at radius 1 is 0.579 bits per heavy atom. The molecule has 0 amide bonds. The Labute approximate surface area is 211 Å². The third-order valence-corrected chi connectivity index (χ3v) is 5.84. The highest BCUT2D eigenvalue weighted by molar-refractivity contribution is 6.05. The van der Waals surface area contributed by atoms with Crippen LogP contribution in [0.2, 0.25) is 0 Å². The van der Waals surface area contributed by atoms with Crippen LogP contribution in [0.5, 0.6) is 34.5 Å². The molecular weight excluding hydrogens is 504 g/mol. The van der Waals surface area contributed by atoms with Crippen LogP contribution in [-0.4, -0.2) is 38.7 Å². The Balaban J connectivity index is 0.000000155. The second kappa shape index (κ2) is 9.32. The number of furan rings is 2. The van der Waals surface area contributed by atoms with Crippen LogP contribution < -0.4 is 30.2 Å². The number of aromatic hydroxyl groups is 2. The molecule has 12 nitrogen and oxygen atoms in total. The molecule has 196 valence electrons. The molecule has 4 heterocycles. The van der Waals surface area contributed by atoms with E-state index in [0.717, 1.165) is 0 Å². The summed E-state index contributed by atoms with van der Waals surface area (Å²) in [5.74, 6) is -0.306. The van der Waals surface area contributed by atoms with Crippen molar-refractivity contribution in [1.82, 2.24) is 0 Å². The average Bonchev–Trinajstić information content (AvgIpc) is 3.58. The highest BCUT2D eigenvalue weighted by Crippen LogP contribution is 2.44. The summed E-state index contributed by atoms with van der Waals surface area (Å²) in [6, 6.07) is 6.54. The smallest absolute Gasteiger partial charge is 0.382 e. The van der Waals surface area contributed by atoms with Crippen LogP contribution in [-0.2, 0) is 0 Å². The third-order valence-electron chi connectivity index (χ3n) is 5.84. The van der Waals surface area contributed by atoms with Gasteiger partial charge >= 0.3 is 11.3 Å². The standard InChI is InChI=1S/2C13H10O6/c2*1-16-11-6-3-4-18-7(6)5-8-9(11)12(17-2)10(14)13(15)19-8/h2*3-5,14H,1-2H3. The summed E-state index contributed by atoms with van der Waals surface area (Å²) >= 11 is 0. The summed E-state index contributed by atoms with van der Waals surface area (Å²) in [4.78, 5) is 23.0. The lowest BCUT2D eigenvalue weighted by Crippen LogP contribution is -2.02. The molecule has 0 aliphatic carbocycles. The Morgan fingerprint density at radius 3 is 1.29 bits per heavy atom. The van der Waals surface area contributed by atoms with Crippen LogP contribution in [0.15, 0.2) is 64.0 Å². The van der Waals surface area contributed by atoms with Crippen LogP contribution in [0.3, 0.4) is 0 Å². The summed E-state index contributed by atoms with van der Waals surface area (Å²) in [6.45, 7) is 0. The predicted molar refractivity (Wildman–Crippen MR) is 134 cm³/mol. The second-order valence-corrected chi connectivity index (χ2v) is 7.77. The van der Waals surface area contributed by atoms with Crippen molar-refractivity contribution < 1.29 is 46.8 Å². The molecule has 0 unspecified atom stereocenters. The summed E-state index contributed by atoms with van der Waals surface area (Å²) in [5.41, 5.74) is -0.284. The van der Waals surface area contributed by atoms with Crippen molar-refractivity contribution >= 4 is 43.9 Å². The van der Waals surface area contributed by atoms with E-state index in [1.807, 2.05) is 0 Å². The highest BCUT2D eigenvalue weighted by atomic mass is 16.5. The van der Waals surface area contributed by atoms with Gasteiger partial charge in [-0.1, -0.05) is 0 Å². The maximum atomic E-state index is 11.5. The summed E-state index contributed by atoms with van der Waals surface area (Å²) < 4.78 is 41.4. The van der Waals surface area contributed by atoms with E-state index in [-0.39, 0.29) is 22.7 Å². The van der Waals surface area contributed by atoms with Gasteiger partial charge in [0.1, 0.15) is 44.6 Å². The molecule has 0 saturated heterocycles. The topological polar surface area (TPSA) is 164 Å². The van der Waals surface area contributed by atoms with Crippen LogP contribution in [0.25, 0.3) is 43.9 Å². The first-order valence-corrected chi connectivity index (χ1v) is 10.9. The number of ether oxygens (including phenoxy) is 4. The van der Waals surface area contributed by atoms with Gasteiger partial charge < -0.3 is 46.8 Å². The van der Waals surface area contributed by atoms with Crippen molar-refractivity contribution in [3.63, 3.8) is 0 Å². The van der Waals surface area contributed by atoms with Gasteiger partial charge in [0.25, 0.3) is 0 Å². The Kier molecular flexibility index (Phi) is 5.99. The minimum absolute atomic E-state index is 0.0196. The molecule has 6 aromatic rings. The van der Waals surface area contributed by atoms with E-state index in [0.29, 0.717) is 44.2 Å². The van der Waals surface area contributed by atoms with E-state index < -0.39 is 22.8 Å². The van der Waals surface area contributed by atoms with Crippen LogP contribution >= 0.6 is 0 Å². The van der Waals surface area contributed by atoms with Gasteiger partial charge in [0.2, 0.25) is 11.5 Å². The number of rotatable bonds is 4. The molecule has 0 radical (unpaired) electrons. The molecule has 2 N–H and O–H groups in total. The Morgan fingerprint density at radius 2 is 0.947 bits per heavy atom. The molecule has 0 fully saturated rings. The summed E-state index contributed by atoms with van der Waals surface area (Å²) in [6.07, 6.45) is 2.99. The predicted octanol–water partition coefficient (Wildman–Crippen LogP) is 4.52. The summed E-state index contributed by atoms with van der Waals surface area (Å²) in [7, 11) is 5.66. The number of methoxy groups -OCH3 is 4. The SMILES string of the molecule is COc1c(O)c(=O)oc2cc3occc3c(OC)c12.COc1c(O)c(=O)oc2cc3occc3c(OC)c12. The van der Waals surface area contributed by atoms with E-state index in [9.17, 15) is 19.8 Å². The van der Waals surface area contributed by atoms with E-state index in [1.165, 1.54) is 41.0 Å². The van der Waals surface area contributed by atoms with Crippen molar-refractivity contribution in [2.75, 3.05) is 28.4 Å². The van der Waals surface area contributed by atoms with Crippen molar-refractivity contribution in [3.8, 4) is 34.5 Å². The van der Waals surface area contributed by atoms with E-state index in [4.69, 9.17) is 36.6 Å². The summed E-state index contributed by atoms with van der Waals surface area (Å²) in [5, 5.41) is 21.6. The Bertz CT molecular complexity index is 1790. The maximum absolute atomic E-state index is 11.5. The van der Waals surface area contributed by atoms with Gasteiger partial charge in [-0.05, 0) is 12.1 Å². The van der Waals surface area contributed by atoms with Crippen molar-refractivity contribution in [2.45, 2.75) is 0 Å². The molecule has 0 aliphatic rings. The molecule has 2 aromatic carbocycles. The van der Waals surface area contributed by atoms with Gasteiger partial charge in [-0.3, -0.25) is 0 Å². The highest BCUT2D eigenvalue weighted by Gasteiger charge is 2.23. The van der Waals surface area contributed by atoms with Crippen molar-refractivity contribution in [2.24, 2.45) is 0 Å². The fraction of sp³-hybridized carbons (Fsp3) is 0.154. The van der Waals surface area contributed by atoms with E-state index >= 15 is 0 Å². The second-order valence-electron chi connectivity index (χ2n) is 7.77. The molecule has 0 aliphatic heterocycles. The Hall–Kier alpha value is -5.26. The lowest BCUT2D eigenvalue weighted by atomic mass is 10.1.